The number of sulfonamides is 1. The normalized spacial score (nSPS) is 11.9. The predicted octanol–water partition coefficient (Wildman–Crippen LogP) is 5.14. The van der Waals surface area contributed by atoms with Crippen molar-refractivity contribution in [1.82, 2.24) is 10.2 Å². The van der Waals surface area contributed by atoms with Crippen molar-refractivity contribution in [1.29, 1.82) is 0 Å². The van der Waals surface area contributed by atoms with Crippen LogP contribution in [0.25, 0.3) is 0 Å². The molecule has 0 saturated heterocycles. The van der Waals surface area contributed by atoms with Crippen LogP contribution in [0.5, 0.6) is 5.75 Å². The zero-order chi connectivity index (χ0) is 28.6. The molecule has 0 fully saturated rings. The average Bonchev–Trinajstić information content (AvgIpc) is 2.94. The number of likely N-dealkylation sites (N-methyl/N-ethyl adjacent to an activating group) is 1. The fraction of sp³-hybridized carbons (Fsp3) is 0.286. The number of halogens is 2. The molecule has 8 nitrogen and oxygen atoms in total. The Labute approximate surface area is 239 Å². The van der Waals surface area contributed by atoms with Gasteiger partial charge >= 0.3 is 0 Å². The van der Waals surface area contributed by atoms with Crippen LogP contribution in [0.4, 0.5) is 5.69 Å². The molecule has 0 saturated carbocycles. The topological polar surface area (TPSA) is 96.0 Å². The van der Waals surface area contributed by atoms with E-state index in [0.717, 1.165) is 4.31 Å². The van der Waals surface area contributed by atoms with Gasteiger partial charge in [-0.15, -0.1) is 0 Å². The number of nitrogens with one attached hydrogen (secondary N) is 1. The Morgan fingerprint density at radius 2 is 1.67 bits per heavy atom. The average molecular weight is 593 g/mol. The molecule has 0 aromatic heterocycles. The summed E-state index contributed by atoms with van der Waals surface area (Å²) in [6, 6.07) is 18.4. The van der Waals surface area contributed by atoms with Crippen LogP contribution in [0.3, 0.4) is 0 Å². The number of anilines is 1. The second-order valence-corrected chi connectivity index (χ2v) is 11.3. The molecule has 3 aromatic rings. The highest BCUT2D eigenvalue weighted by molar-refractivity contribution is 7.92. The number of carbonyl (C=O) groups excluding carboxylic acids is 2. The summed E-state index contributed by atoms with van der Waals surface area (Å²) in [5.74, 6) is -0.483. The summed E-state index contributed by atoms with van der Waals surface area (Å²) in [5, 5.41) is 3.42. The maximum Gasteiger partial charge on any atom is 0.264 e. The Kier molecular flexibility index (Phi) is 10.6. The van der Waals surface area contributed by atoms with E-state index in [1.165, 1.54) is 30.2 Å². The lowest BCUT2D eigenvalue weighted by Crippen LogP contribution is -2.52. The lowest BCUT2D eigenvalue weighted by molar-refractivity contribution is -0.140. The number of ether oxygens (including phenoxy) is 1. The van der Waals surface area contributed by atoms with Crippen LogP contribution in [0.1, 0.15) is 25.8 Å². The number of amides is 2. The van der Waals surface area contributed by atoms with Gasteiger partial charge in [0.2, 0.25) is 11.8 Å². The molecular formula is C28H31Cl2N3O5S. The molecule has 0 bridgehead atoms. The lowest BCUT2D eigenvalue weighted by atomic mass is 10.1. The molecule has 1 unspecified atom stereocenters. The maximum atomic E-state index is 14.0. The summed E-state index contributed by atoms with van der Waals surface area (Å²) in [4.78, 5) is 28.4. The highest BCUT2D eigenvalue weighted by Crippen LogP contribution is 2.28. The van der Waals surface area contributed by atoms with E-state index < -0.39 is 28.5 Å². The van der Waals surface area contributed by atoms with Gasteiger partial charge in [-0.25, -0.2) is 8.42 Å². The van der Waals surface area contributed by atoms with Gasteiger partial charge in [0.05, 0.1) is 27.7 Å². The second-order valence-electron chi connectivity index (χ2n) is 8.61. The summed E-state index contributed by atoms with van der Waals surface area (Å²) >= 11 is 12.3. The van der Waals surface area contributed by atoms with E-state index in [0.29, 0.717) is 34.3 Å². The first-order valence-electron chi connectivity index (χ1n) is 12.3. The van der Waals surface area contributed by atoms with E-state index >= 15 is 0 Å². The molecule has 0 aliphatic carbocycles. The van der Waals surface area contributed by atoms with Crippen molar-refractivity contribution in [2.75, 3.05) is 24.5 Å². The Balaban J connectivity index is 2.08. The number of benzene rings is 3. The number of rotatable bonds is 12. The van der Waals surface area contributed by atoms with Crippen LogP contribution >= 0.6 is 23.2 Å². The molecule has 3 rings (SSSR count). The van der Waals surface area contributed by atoms with E-state index in [9.17, 15) is 18.0 Å². The molecule has 39 heavy (non-hydrogen) atoms. The van der Waals surface area contributed by atoms with Crippen LogP contribution in [0, 0.1) is 0 Å². The van der Waals surface area contributed by atoms with Crippen molar-refractivity contribution in [2.24, 2.45) is 0 Å². The van der Waals surface area contributed by atoms with Gasteiger partial charge in [-0.2, -0.15) is 0 Å². The maximum absolute atomic E-state index is 14.0. The summed E-state index contributed by atoms with van der Waals surface area (Å²) in [6.07, 6.45) is 0.309. The molecule has 1 atom stereocenters. The third-order valence-corrected chi connectivity index (χ3v) is 8.55. The van der Waals surface area contributed by atoms with Gasteiger partial charge in [0.25, 0.3) is 10.0 Å². The van der Waals surface area contributed by atoms with E-state index in [4.69, 9.17) is 27.9 Å². The Morgan fingerprint density at radius 1 is 0.949 bits per heavy atom. The molecule has 1 N–H and O–H groups in total. The van der Waals surface area contributed by atoms with Crippen LogP contribution in [0.2, 0.25) is 10.0 Å². The molecule has 0 radical (unpaired) electrons. The minimum absolute atomic E-state index is 0.0166. The number of nitrogens with zero attached hydrogens (tertiary/aromatic N) is 2. The number of methoxy groups -OCH3 is 1. The Morgan fingerprint density at radius 3 is 2.28 bits per heavy atom. The fourth-order valence-electron chi connectivity index (χ4n) is 4.06. The molecule has 0 heterocycles. The van der Waals surface area contributed by atoms with Crippen molar-refractivity contribution >= 4 is 50.7 Å². The number of hydrogen-bond acceptors (Lipinski definition) is 5. The van der Waals surface area contributed by atoms with E-state index in [-0.39, 0.29) is 23.0 Å². The summed E-state index contributed by atoms with van der Waals surface area (Å²) in [6.45, 7) is 3.41. The highest BCUT2D eigenvalue weighted by atomic mass is 35.5. The molecule has 0 spiro atoms. The standard InChI is InChI=1S/C28H31Cl2N3O5S/c1-4-26(28(35)31-5-2)32(18-20-14-15-24(29)25(30)16-20)27(34)19-33(21-10-9-11-22(17-21)38-3)39(36,37)23-12-7-6-8-13-23/h6-17,26H,4-5,18-19H2,1-3H3,(H,31,35). The molecule has 11 heteroatoms. The summed E-state index contributed by atoms with van der Waals surface area (Å²) < 4.78 is 33.9. The zero-order valence-electron chi connectivity index (χ0n) is 21.9. The summed E-state index contributed by atoms with van der Waals surface area (Å²) in [5.41, 5.74) is 0.881. The minimum Gasteiger partial charge on any atom is -0.497 e. The van der Waals surface area contributed by atoms with Crippen molar-refractivity contribution in [3.63, 3.8) is 0 Å². The second kappa shape index (κ2) is 13.7. The monoisotopic (exact) mass is 591 g/mol. The molecule has 208 valence electrons. The van der Waals surface area contributed by atoms with Crippen molar-refractivity contribution in [3.8, 4) is 5.75 Å². The first kappa shape index (κ1) is 30.3. The van der Waals surface area contributed by atoms with Gasteiger partial charge in [-0.05, 0) is 55.3 Å². The molecule has 0 aliphatic heterocycles. The van der Waals surface area contributed by atoms with Gasteiger partial charge in [-0.3, -0.25) is 13.9 Å². The van der Waals surface area contributed by atoms with E-state index in [1.807, 2.05) is 0 Å². The van der Waals surface area contributed by atoms with Gasteiger partial charge in [0.15, 0.2) is 0 Å². The van der Waals surface area contributed by atoms with Crippen LogP contribution in [-0.4, -0.2) is 51.4 Å². The van der Waals surface area contributed by atoms with Crippen molar-refractivity contribution in [3.05, 3.63) is 88.4 Å². The molecule has 0 aliphatic rings. The van der Waals surface area contributed by atoms with Crippen LogP contribution in [-0.2, 0) is 26.2 Å². The lowest BCUT2D eigenvalue weighted by Gasteiger charge is -2.33. The van der Waals surface area contributed by atoms with Gasteiger partial charge < -0.3 is 15.0 Å². The Bertz CT molecular complexity index is 1400. The third kappa shape index (κ3) is 7.44. The number of carbonyl (C=O) groups is 2. The highest BCUT2D eigenvalue weighted by Gasteiger charge is 2.33. The van der Waals surface area contributed by atoms with Crippen LogP contribution < -0.4 is 14.4 Å². The summed E-state index contributed by atoms with van der Waals surface area (Å²) in [7, 11) is -2.69. The minimum atomic E-state index is -4.16. The predicted molar refractivity (Wildman–Crippen MR) is 154 cm³/mol. The van der Waals surface area contributed by atoms with Gasteiger partial charge in [-0.1, -0.05) is 60.5 Å². The van der Waals surface area contributed by atoms with Gasteiger partial charge in [0, 0.05) is 19.2 Å². The first-order chi connectivity index (χ1) is 18.6. The van der Waals surface area contributed by atoms with E-state index in [1.54, 1.807) is 68.4 Å². The van der Waals surface area contributed by atoms with Crippen molar-refractivity contribution < 1.29 is 22.7 Å². The first-order valence-corrected chi connectivity index (χ1v) is 14.5. The quantitative estimate of drug-likeness (QED) is 0.314. The number of hydrogen-bond donors (Lipinski definition) is 1. The largest absolute Gasteiger partial charge is 0.497 e. The fourth-order valence-corrected chi connectivity index (χ4v) is 5.81. The third-order valence-electron chi connectivity index (χ3n) is 6.03. The van der Waals surface area contributed by atoms with E-state index in [2.05, 4.69) is 5.32 Å². The van der Waals surface area contributed by atoms with Crippen LogP contribution in [0.15, 0.2) is 77.7 Å². The molecule has 3 aromatic carbocycles. The van der Waals surface area contributed by atoms with Crippen molar-refractivity contribution in [2.45, 2.75) is 37.8 Å². The molecular weight excluding hydrogens is 561 g/mol. The van der Waals surface area contributed by atoms with Gasteiger partial charge in [0.1, 0.15) is 18.3 Å². The Hall–Kier alpha value is -3.27. The SMILES string of the molecule is CCNC(=O)C(CC)N(Cc1ccc(Cl)c(Cl)c1)C(=O)CN(c1cccc(OC)c1)S(=O)(=O)c1ccccc1. The smallest absolute Gasteiger partial charge is 0.264 e. The zero-order valence-corrected chi connectivity index (χ0v) is 24.3. The molecule has 2 amide bonds.